The van der Waals surface area contributed by atoms with E-state index in [0.717, 1.165) is 5.92 Å². The average Bonchev–Trinajstić information content (AvgIpc) is 3.43. The van der Waals surface area contributed by atoms with E-state index in [-0.39, 0.29) is 0 Å². The molecule has 0 atom stereocenters. The topological polar surface area (TPSA) is 9.72 Å². The van der Waals surface area contributed by atoms with Crippen molar-refractivity contribution < 1.29 is 0 Å². The van der Waals surface area contributed by atoms with Crippen LogP contribution in [0.5, 0.6) is 0 Å². The number of piperidine rings is 1. The minimum absolute atomic E-state index is 0.941. The van der Waals surface area contributed by atoms with Gasteiger partial charge in [-0.2, -0.15) is 0 Å². The fourth-order valence-corrected chi connectivity index (χ4v) is 12.7. The molecule has 0 aromatic rings. The second-order valence-electron chi connectivity index (χ2n) is 25.8. The summed E-state index contributed by atoms with van der Waals surface area (Å²) in [5.74, 6) is 0.941. The normalized spacial score (nSPS) is 13.6. The summed E-state index contributed by atoms with van der Waals surface area (Å²) in [6.45, 7) is 23.5. The van der Waals surface area contributed by atoms with Gasteiger partial charge in [0.05, 0.1) is 0 Å². The highest BCUT2D eigenvalue weighted by Gasteiger charge is 2.20. The molecule has 1 heterocycles. The van der Waals surface area contributed by atoms with Crippen LogP contribution in [0.3, 0.4) is 0 Å². The highest BCUT2D eigenvalue weighted by atomic mass is 15.2. The Kier molecular flexibility index (Phi) is 60.3. The number of unbranched alkanes of at least 4 members (excludes halogenated alkanes) is 45. The summed E-state index contributed by atoms with van der Waals surface area (Å²) in [4.78, 5) is 8.75. The number of likely N-dealkylation sites (tertiary alicyclic amines) is 1. The van der Waals surface area contributed by atoms with Crippen LogP contribution in [0.25, 0.3) is 0 Å². The van der Waals surface area contributed by atoms with Gasteiger partial charge in [0.2, 0.25) is 0 Å². The predicted octanol–water partition coefficient (Wildman–Crippen LogP) is 24.4. The van der Waals surface area contributed by atoms with E-state index in [4.69, 9.17) is 0 Å². The molecule has 0 amide bonds. The smallest absolute Gasteiger partial charge is 0.0110 e. The Hall–Kier alpha value is -0.380. The van der Waals surface area contributed by atoms with Gasteiger partial charge in [-0.05, 0) is 109 Å². The van der Waals surface area contributed by atoms with Crippen molar-refractivity contribution in [3.8, 4) is 0 Å². The monoisotopic (exact) mass is 1070 g/mol. The zero-order valence-corrected chi connectivity index (χ0v) is 54.0. The zero-order valence-electron chi connectivity index (χ0n) is 54.0. The maximum Gasteiger partial charge on any atom is 0.0110 e. The first-order valence-electron chi connectivity index (χ1n) is 36.5. The molecule has 1 aliphatic rings. The minimum Gasteiger partial charge on any atom is -0.302 e. The third-order valence-corrected chi connectivity index (χ3v) is 18.4. The van der Waals surface area contributed by atoms with Gasteiger partial charge in [-0.3, -0.25) is 0 Å². The van der Waals surface area contributed by atoms with Crippen molar-refractivity contribution in [3.63, 3.8) is 0 Å². The molecule has 454 valence electrons. The van der Waals surface area contributed by atoms with E-state index in [9.17, 15) is 0 Å². The van der Waals surface area contributed by atoms with Crippen LogP contribution in [-0.2, 0) is 0 Å². The van der Waals surface area contributed by atoms with E-state index in [2.05, 4.69) is 55.4 Å². The molecule has 3 nitrogen and oxygen atoms in total. The van der Waals surface area contributed by atoms with Gasteiger partial charge < -0.3 is 14.7 Å². The molecule has 0 radical (unpaired) electrons. The Labute approximate surface area is 483 Å². The molecule has 0 aliphatic carbocycles. The fraction of sp³-hybridized carbons (Fsp3) is 0.973. The van der Waals surface area contributed by atoms with Crippen molar-refractivity contribution in [3.05, 3.63) is 11.6 Å². The lowest BCUT2D eigenvalue weighted by molar-refractivity contribution is 0.141. The maximum absolute atomic E-state index is 2.94. The molecular weight excluding hydrogens is 919 g/mol. The lowest BCUT2D eigenvalue weighted by Crippen LogP contribution is -2.42. The first-order chi connectivity index (χ1) is 37.7. The van der Waals surface area contributed by atoms with E-state index in [1.165, 1.54) is 418 Å². The summed E-state index contributed by atoms with van der Waals surface area (Å²) in [6.07, 6.45) is 83.4. The van der Waals surface area contributed by atoms with Crippen LogP contribution < -0.4 is 0 Å². The van der Waals surface area contributed by atoms with Crippen molar-refractivity contribution >= 4 is 0 Å². The van der Waals surface area contributed by atoms with Crippen LogP contribution >= 0.6 is 0 Å². The second-order valence-corrected chi connectivity index (χ2v) is 25.8. The van der Waals surface area contributed by atoms with Gasteiger partial charge >= 0.3 is 0 Å². The Morgan fingerprint density at radius 3 is 0.842 bits per heavy atom. The van der Waals surface area contributed by atoms with Gasteiger partial charge in [0.1, 0.15) is 0 Å². The molecule has 1 fully saturated rings. The number of nitrogens with zero attached hydrogens (tertiary/aromatic N) is 3. The van der Waals surface area contributed by atoms with Crippen molar-refractivity contribution in [1.29, 1.82) is 0 Å². The Bertz CT molecular complexity index is 1040. The lowest BCUT2D eigenvalue weighted by atomic mass is 9.91. The average molecular weight is 1070 g/mol. The van der Waals surface area contributed by atoms with Crippen molar-refractivity contribution in [2.75, 3.05) is 58.9 Å². The number of allylic oxidation sites excluding steroid dienone is 2. The minimum atomic E-state index is 0.941. The van der Waals surface area contributed by atoms with Crippen LogP contribution in [-0.4, -0.2) is 73.6 Å². The van der Waals surface area contributed by atoms with Gasteiger partial charge in [-0.1, -0.05) is 335 Å². The van der Waals surface area contributed by atoms with Crippen LogP contribution in [0, 0.1) is 5.92 Å². The predicted molar refractivity (Wildman–Crippen MR) is 348 cm³/mol. The SMILES string of the molecule is CCCCCCCCCCCCC(=CCCC1CCN(CCN(CCCCCCCCCCCC)CCN(CCCCCCCCCCCC)CCCCCCCCCCCC)CC1)CCCCCCCCCCCC. The molecule has 1 saturated heterocycles. The molecule has 3 heteroatoms. The van der Waals surface area contributed by atoms with E-state index in [0.29, 0.717) is 0 Å². The first kappa shape index (κ1) is 73.6. The molecular formula is C73H147N3. The summed E-state index contributed by atoms with van der Waals surface area (Å²) in [5, 5.41) is 0. The summed E-state index contributed by atoms with van der Waals surface area (Å²) in [6, 6.07) is 0. The highest BCUT2D eigenvalue weighted by molar-refractivity contribution is 5.02. The summed E-state index contributed by atoms with van der Waals surface area (Å²) < 4.78 is 0. The molecule has 1 rings (SSSR count). The summed E-state index contributed by atoms with van der Waals surface area (Å²) in [5.41, 5.74) is 1.84. The van der Waals surface area contributed by atoms with Crippen LogP contribution in [0.4, 0.5) is 0 Å². The Morgan fingerprint density at radius 1 is 0.303 bits per heavy atom. The largest absolute Gasteiger partial charge is 0.302 e. The Balaban J connectivity index is 2.73. The van der Waals surface area contributed by atoms with E-state index < -0.39 is 0 Å². The van der Waals surface area contributed by atoms with Crippen LogP contribution in [0.2, 0.25) is 0 Å². The molecule has 0 aromatic heterocycles. The highest BCUT2D eigenvalue weighted by Crippen LogP contribution is 2.26. The third kappa shape index (κ3) is 53.0. The van der Waals surface area contributed by atoms with Crippen molar-refractivity contribution in [2.24, 2.45) is 5.92 Å². The van der Waals surface area contributed by atoms with E-state index >= 15 is 0 Å². The molecule has 0 spiro atoms. The molecule has 0 unspecified atom stereocenters. The van der Waals surface area contributed by atoms with E-state index in [1.54, 1.807) is 0 Å². The quantitative estimate of drug-likeness (QED) is 0.0444. The van der Waals surface area contributed by atoms with Crippen molar-refractivity contribution in [1.82, 2.24) is 14.7 Å². The molecule has 0 saturated carbocycles. The lowest BCUT2D eigenvalue weighted by Gasteiger charge is -2.34. The second kappa shape index (κ2) is 62.2. The molecule has 1 aliphatic heterocycles. The van der Waals surface area contributed by atoms with Crippen LogP contribution in [0.15, 0.2) is 11.6 Å². The standard InChI is InChI=1S/C73H147N3/c1-6-11-16-21-26-31-36-41-46-51-57-72(58-52-47-42-37-32-27-22-17-12-7-2)59-56-60-73-61-66-76(67-62-73)71-70-75(65-55-50-45-40-35-30-25-20-15-10-5)69-68-74(63-53-48-43-38-33-28-23-18-13-8-3)64-54-49-44-39-34-29-24-19-14-9-4/h59,73H,6-58,60-71H2,1-5H3. The molecule has 76 heavy (non-hydrogen) atoms. The van der Waals surface area contributed by atoms with Gasteiger partial charge in [0, 0.05) is 26.2 Å². The first-order valence-corrected chi connectivity index (χ1v) is 36.5. The number of hydrogen-bond acceptors (Lipinski definition) is 3. The van der Waals surface area contributed by atoms with Crippen molar-refractivity contribution in [2.45, 2.75) is 394 Å². The van der Waals surface area contributed by atoms with Gasteiger partial charge in [-0.15, -0.1) is 0 Å². The zero-order chi connectivity index (χ0) is 54.6. The number of hydrogen-bond donors (Lipinski definition) is 0. The number of rotatable bonds is 64. The molecule has 0 aromatic carbocycles. The van der Waals surface area contributed by atoms with E-state index in [1.807, 2.05) is 5.57 Å². The van der Waals surface area contributed by atoms with Gasteiger partial charge in [-0.25, -0.2) is 0 Å². The van der Waals surface area contributed by atoms with Gasteiger partial charge in [0.25, 0.3) is 0 Å². The molecule has 0 bridgehead atoms. The fourth-order valence-electron chi connectivity index (χ4n) is 12.7. The Morgan fingerprint density at radius 2 is 0.553 bits per heavy atom. The summed E-state index contributed by atoms with van der Waals surface area (Å²) in [7, 11) is 0. The molecule has 0 N–H and O–H groups in total. The maximum atomic E-state index is 2.94. The van der Waals surface area contributed by atoms with Crippen LogP contribution in [0.1, 0.15) is 394 Å². The van der Waals surface area contributed by atoms with Gasteiger partial charge in [0.15, 0.2) is 0 Å². The third-order valence-electron chi connectivity index (χ3n) is 18.4. The summed E-state index contributed by atoms with van der Waals surface area (Å²) >= 11 is 0.